The minimum atomic E-state index is 0.282. The molecule has 0 N–H and O–H groups in total. The van der Waals surface area contributed by atoms with Gasteiger partial charge in [-0.05, 0) is 44.1 Å². The summed E-state index contributed by atoms with van der Waals surface area (Å²) in [5.74, 6) is 0.648. The number of rotatable bonds is 6. The molecule has 0 heterocycles. The van der Waals surface area contributed by atoms with Crippen molar-refractivity contribution in [3.8, 4) is 0 Å². The summed E-state index contributed by atoms with van der Waals surface area (Å²) in [4.78, 5) is 0. The van der Waals surface area contributed by atoms with E-state index in [4.69, 9.17) is 4.74 Å². The Kier molecular flexibility index (Phi) is 5.90. The van der Waals surface area contributed by atoms with E-state index in [2.05, 4.69) is 55.5 Å². The van der Waals surface area contributed by atoms with Gasteiger partial charge < -0.3 is 4.74 Å². The number of benzene rings is 1. The molecule has 0 bridgehead atoms. The van der Waals surface area contributed by atoms with Gasteiger partial charge in [-0.3, -0.25) is 0 Å². The van der Waals surface area contributed by atoms with Crippen molar-refractivity contribution in [2.75, 3.05) is 0 Å². The van der Waals surface area contributed by atoms with Crippen LogP contribution >= 0.6 is 0 Å². The van der Waals surface area contributed by atoms with E-state index in [0.29, 0.717) is 12.5 Å². The first-order valence-corrected chi connectivity index (χ1v) is 7.33. The molecule has 0 aliphatic heterocycles. The molecule has 0 radical (unpaired) electrons. The fraction of sp³-hybridized carbons (Fsp3) is 0.444. The predicted octanol–water partition coefficient (Wildman–Crippen LogP) is 4.89. The van der Waals surface area contributed by atoms with Crippen LogP contribution in [0, 0.1) is 5.92 Å². The van der Waals surface area contributed by atoms with Gasteiger partial charge in [0.2, 0.25) is 0 Å². The van der Waals surface area contributed by atoms with Crippen LogP contribution in [-0.4, -0.2) is 6.10 Å². The molecule has 1 nitrogen and oxygen atoms in total. The van der Waals surface area contributed by atoms with Gasteiger partial charge in [0.15, 0.2) is 0 Å². The zero-order chi connectivity index (χ0) is 13.3. The van der Waals surface area contributed by atoms with E-state index < -0.39 is 0 Å². The molecule has 0 saturated carbocycles. The largest absolute Gasteiger partial charge is 0.374 e. The Morgan fingerprint density at radius 3 is 2.89 bits per heavy atom. The van der Waals surface area contributed by atoms with Crippen molar-refractivity contribution >= 4 is 0 Å². The lowest BCUT2D eigenvalue weighted by atomic mass is 9.95. The first-order valence-electron chi connectivity index (χ1n) is 7.33. The molecule has 0 saturated heterocycles. The average Bonchev–Trinajstić information content (AvgIpc) is 2.47. The standard InChI is InChI=1S/C18H24O/c1-16(19-15-18-12-6-3-7-13-18)9-8-14-17-10-4-2-5-11-17/h3-4,6-8,10,12-14,16-17H,2,5,9,11,15H2,1H3/b14-8+. The SMILES string of the molecule is CC(C/C=C/C1C=CCCC1)OCc1ccccc1. The lowest BCUT2D eigenvalue weighted by Gasteiger charge is -2.13. The Morgan fingerprint density at radius 1 is 1.32 bits per heavy atom. The van der Waals surface area contributed by atoms with Crippen molar-refractivity contribution in [3.05, 3.63) is 60.2 Å². The van der Waals surface area contributed by atoms with E-state index in [1.165, 1.54) is 24.8 Å². The van der Waals surface area contributed by atoms with E-state index in [1.807, 2.05) is 6.07 Å². The first-order chi connectivity index (χ1) is 9.34. The van der Waals surface area contributed by atoms with Gasteiger partial charge in [-0.15, -0.1) is 0 Å². The summed E-state index contributed by atoms with van der Waals surface area (Å²) in [6, 6.07) is 10.4. The molecular formula is C18H24O. The molecule has 19 heavy (non-hydrogen) atoms. The fourth-order valence-corrected chi connectivity index (χ4v) is 2.32. The first kappa shape index (κ1) is 14.1. The highest BCUT2D eigenvalue weighted by atomic mass is 16.5. The molecule has 2 atom stereocenters. The van der Waals surface area contributed by atoms with E-state index >= 15 is 0 Å². The van der Waals surface area contributed by atoms with Gasteiger partial charge in [-0.1, -0.05) is 54.6 Å². The van der Waals surface area contributed by atoms with E-state index in [1.54, 1.807) is 0 Å². The molecule has 1 heteroatoms. The van der Waals surface area contributed by atoms with Crippen LogP contribution in [0.2, 0.25) is 0 Å². The molecule has 2 unspecified atom stereocenters. The van der Waals surface area contributed by atoms with E-state index in [-0.39, 0.29) is 6.10 Å². The zero-order valence-corrected chi connectivity index (χ0v) is 11.8. The molecule has 102 valence electrons. The minimum Gasteiger partial charge on any atom is -0.374 e. The summed E-state index contributed by atoms with van der Waals surface area (Å²) in [5.41, 5.74) is 1.24. The maximum atomic E-state index is 5.85. The normalized spacial score (nSPS) is 20.8. The van der Waals surface area contributed by atoms with Gasteiger partial charge >= 0.3 is 0 Å². The van der Waals surface area contributed by atoms with Crippen molar-refractivity contribution in [1.82, 2.24) is 0 Å². The Hall–Kier alpha value is -1.34. The number of hydrogen-bond acceptors (Lipinski definition) is 1. The van der Waals surface area contributed by atoms with Gasteiger partial charge in [-0.2, -0.15) is 0 Å². The topological polar surface area (TPSA) is 9.23 Å². The lowest BCUT2D eigenvalue weighted by Crippen LogP contribution is -2.07. The maximum Gasteiger partial charge on any atom is 0.0720 e. The minimum absolute atomic E-state index is 0.282. The lowest BCUT2D eigenvalue weighted by molar-refractivity contribution is 0.0552. The summed E-state index contributed by atoms with van der Waals surface area (Å²) < 4.78 is 5.85. The molecular weight excluding hydrogens is 232 g/mol. The summed E-state index contributed by atoms with van der Waals surface area (Å²) in [6.07, 6.45) is 14.4. The maximum absolute atomic E-state index is 5.85. The number of hydrogen-bond donors (Lipinski definition) is 0. The van der Waals surface area contributed by atoms with Crippen molar-refractivity contribution in [2.24, 2.45) is 5.92 Å². The van der Waals surface area contributed by atoms with Crippen molar-refractivity contribution in [1.29, 1.82) is 0 Å². The molecule has 1 aliphatic carbocycles. The monoisotopic (exact) mass is 256 g/mol. The van der Waals surface area contributed by atoms with Crippen LogP contribution in [0.5, 0.6) is 0 Å². The molecule has 2 rings (SSSR count). The van der Waals surface area contributed by atoms with Gasteiger partial charge in [0, 0.05) is 0 Å². The molecule has 0 fully saturated rings. The Bertz CT molecular complexity index is 405. The van der Waals surface area contributed by atoms with Crippen LogP contribution in [-0.2, 0) is 11.3 Å². The van der Waals surface area contributed by atoms with Crippen molar-refractivity contribution < 1.29 is 4.74 Å². The molecule has 1 aromatic rings. The number of ether oxygens (including phenoxy) is 1. The van der Waals surface area contributed by atoms with E-state index in [9.17, 15) is 0 Å². The Labute approximate surface area is 117 Å². The quantitative estimate of drug-likeness (QED) is 0.658. The van der Waals surface area contributed by atoms with Crippen molar-refractivity contribution in [2.45, 2.75) is 45.3 Å². The van der Waals surface area contributed by atoms with Crippen molar-refractivity contribution in [3.63, 3.8) is 0 Å². The Morgan fingerprint density at radius 2 is 2.16 bits per heavy atom. The molecule has 0 amide bonds. The van der Waals surface area contributed by atoms with Crippen LogP contribution in [0.3, 0.4) is 0 Å². The van der Waals surface area contributed by atoms with Gasteiger partial charge in [-0.25, -0.2) is 0 Å². The highest BCUT2D eigenvalue weighted by Crippen LogP contribution is 2.18. The smallest absolute Gasteiger partial charge is 0.0720 e. The van der Waals surface area contributed by atoms with Crippen LogP contribution in [0.4, 0.5) is 0 Å². The van der Waals surface area contributed by atoms with Crippen LogP contribution in [0.15, 0.2) is 54.6 Å². The van der Waals surface area contributed by atoms with Crippen LogP contribution in [0.25, 0.3) is 0 Å². The fourth-order valence-electron chi connectivity index (χ4n) is 2.32. The second kappa shape index (κ2) is 7.96. The molecule has 1 aromatic carbocycles. The number of allylic oxidation sites excluding steroid dienone is 3. The summed E-state index contributed by atoms with van der Waals surface area (Å²) >= 11 is 0. The van der Waals surface area contributed by atoms with Gasteiger partial charge in [0.05, 0.1) is 12.7 Å². The summed E-state index contributed by atoms with van der Waals surface area (Å²) in [6.45, 7) is 2.85. The van der Waals surface area contributed by atoms with E-state index in [0.717, 1.165) is 6.42 Å². The summed E-state index contributed by atoms with van der Waals surface area (Å²) in [5, 5.41) is 0. The predicted molar refractivity (Wildman–Crippen MR) is 80.9 cm³/mol. The molecule has 0 spiro atoms. The molecule has 0 aromatic heterocycles. The third-order valence-electron chi connectivity index (χ3n) is 3.52. The zero-order valence-electron chi connectivity index (χ0n) is 11.8. The third-order valence-corrected chi connectivity index (χ3v) is 3.52. The third kappa shape index (κ3) is 5.44. The Balaban J connectivity index is 1.66. The highest BCUT2D eigenvalue weighted by Gasteiger charge is 2.04. The second-order valence-corrected chi connectivity index (χ2v) is 5.29. The second-order valence-electron chi connectivity index (χ2n) is 5.29. The van der Waals surface area contributed by atoms with Crippen LogP contribution < -0.4 is 0 Å². The molecule has 1 aliphatic rings. The summed E-state index contributed by atoms with van der Waals surface area (Å²) in [7, 11) is 0. The highest BCUT2D eigenvalue weighted by molar-refractivity contribution is 5.13. The van der Waals surface area contributed by atoms with Gasteiger partial charge in [0.25, 0.3) is 0 Å². The van der Waals surface area contributed by atoms with Gasteiger partial charge in [0.1, 0.15) is 0 Å². The average molecular weight is 256 g/mol. The van der Waals surface area contributed by atoms with Crippen LogP contribution in [0.1, 0.15) is 38.2 Å².